The number of carbonyl (C=O) groups is 3. The molecule has 4 aliphatic heterocycles. The van der Waals surface area contributed by atoms with Crippen LogP contribution in [0.1, 0.15) is 68.1 Å². The Hall–Kier alpha value is -3.14. The molecule has 45 heavy (non-hydrogen) atoms. The summed E-state index contributed by atoms with van der Waals surface area (Å²) in [7, 11) is 0. The number of likely N-dealkylation sites (tertiary alicyclic amines) is 3. The van der Waals surface area contributed by atoms with Gasteiger partial charge in [0.25, 0.3) is 0 Å². The second-order valence-electron chi connectivity index (χ2n) is 13.1. The number of ether oxygens (including phenoxy) is 1. The number of halogens is 1. The Morgan fingerprint density at radius 1 is 1.00 bits per heavy atom. The van der Waals surface area contributed by atoms with Gasteiger partial charge >= 0.3 is 12.1 Å². The van der Waals surface area contributed by atoms with Crippen LogP contribution in [0.2, 0.25) is 5.02 Å². The molecule has 2 atom stereocenters. The molecule has 9 nitrogen and oxygen atoms in total. The van der Waals surface area contributed by atoms with Crippen LogP contribution < -0.4 is 5.32 Å². The Morgan fingerprint density at radius 2 is 1.76 bits per heavy atom. The van der Waals surface area contributed by atoms with Crippen LogP contribution in [0.4, 0.5) is 15.3 Å². The zero-order chi connectivity index (χ0) is 31.4. The molecular weight excluding hydrogens is 590 g/mol. The van der Waals surface area contributed by atoms with Gasteiger partial charge in [0.15, 0.2) is 0 Å². The molecule has 0 saturated carbocycles. The van der Waals surface area contributed by atoms with Gasteiger partial charge in [0, 0.05) is 61.8 Å². The Balaban J connectivity index is 1.24. The van der Waals surface area contributed by atoms with E-state index in [2.05, 4.69) is 21.2 Å². The molecule has 2 aromatic carbocycles. The van der Waals surface area contributed by atoms with Crippen molar-refractivity contribution in [3.05, 3.63) is 64.2 Å². The zero-order valence-electron chi connectivity index (χ0n) is 26.4. The minimum Gasteiger partial charge on any atom is -0.444 e. The van der Waals surface area contributed by atoms with Crippen molar-refractivity contribution in [3.8, 4) is 0 Å². The van der Waals surface area contributed by atoms with Gasteiger partial charge in [0.2, 0.25) is 0 Å². The van der Waals surface area contributed by atoms with Crippen molar-refractivity contribution in [3.63, 3.8) is 0 Å². The highest BCUT2D eigenvalue weighted by Crippen LogP contribution is 2.40. The largest absolute Gasteiger partial charge is 0.444 e. The smallest absolute Gasteiger partial charge is 0.411 e. The number of benzene rings is 2. The summed E-state index contributed by atoms with van der Waals surface area (Å²) in [6.45, 7) is 6.90. The van der Waals surface area contributed by atoms with Gasteiger partial charge in [-0.2, -0.15) is 0 Å². The molecule has 4 aliphatic rings. The fourth-order valence-corrected chi connectivity index (χ4v) is 8.18. The number of para-hydroxylation sites is 1. The van der Waals surface area contributed by atoms with Gasteiger partial charge in [0.05, 0.1) is 0 Å². The second-order valence-corrected chi connectivity index (χ2v) is 13.5. The molecule has 3 amide bonds. The summed E-state index contributed by atoms with van der Waals surface area (Å²) in [6.07, 6.45) is 8.34. The van der Waals surface area contributed by atoms with E-state index < -0.39 is 11.8 Å². The molecule has 0 radical (unpaired) electrons. The lowest BCUT2D eigenvalue weighted by Crippen LogP contribution is -2.70. The van der Waals surface area contributed by atoms with E-state index in [9.17, 15) is 14.4 Å². The van der Waals surface area contributed by atoms with Gasteiger partial charge in [-0.3, -0.25) is 9.80 Å². The maximum Gasteiger partial charge on any atom is 0.411 e. The lowest BCUT2D eigenvalue weighted by atomic mass is 9.84. The predicted molar refractivity (Wildman–Crippen MR) is 175 cm³/mol. The first-order chi connectivity index (χ1) is 21.9. The van der Waals surface area contributed by atoms with Crippen molar-refractivity contribution in [2.24, 2.45) is 0 Å². The molecule has 2 aromatic rings. The van der Waals surface area contributed by atoms with Crippen LogP contribution >= 0.6 is 11.6 Å². The minimum absolute atomic E-state index is 0.0970. The number of aryl methyl sites for hydroxylation is 1. The van der Waals surface area contributed by atoms with E-state index in [0.717, 1.165) is 74.1 Å². The highest BCUT2D eigenvalue weighted by molar-refractivity contribution is 6.31. The van der Waals surface area contributed by atoms with Crippen LogP contribution in [0.3, 0.4) is 0 Å². The maximum absolute atomic E-state index is 13.9. The fourth-order valence-electron chi connectivity index (χ4n) is 7.98. The van der Waals surface area contributed by atoms with Crippen LogP contribution in [0.25, 0.3) is 0 Å². The van der Waals surface area contributed by atoms with Gasteiger partial charge in [0.1, 0.15) is 18.6 Å². The van der Waals surface area contributed by atoms with Gasteiger partial charge in [-0.15, -0.1) is 0 Å². The monoisotopic (exact) mass is 635 g/mol. The summed E-state index contributed by atoms with van der Waals surface area (Å²) in [5.41, 5.74) is 2.87. The van der Waals surface area contributed by atoms with Crippen LogP contribution in [0, 0.1) is 6.92 Å². The number of rotatable bonds is 7. The first kappa shape index (κ1) is 31.8. The third kappa shape index (κ3) is 6.86. The SMILES string of the molecule is Cc1ccc(COC(=O)N2CC[C@@H](N3CCc4ccccc4NC3=O)C[C@@]2(CC=O)N2CCC(N3CCCCC3)CC2)cc1Cl. The van der Waals surface area contributed by atoms with Gasteiger partial charge in [-0.05, 0) is 87.4 Å². The molecule has 0 aliphatic carbocycles. The van der Waals surface area contributed by atoms with Crippen molar-refractivity contribution < 1.29 is 19.1 Å². The average molecular weight is 636 g/mol. The summed E-state index contributed by atoms with van der Waals surface area (Å²) in [4.78, 5) is 48.7. The minimum atomic E-state index is -0.876. The molecular formula is C35H46ClN5O4. The molecule has 3 fully saturated rings. The van der Waals surface area contributed by atoms with E-state index in [4.69, 9.17) is 16.3 Å². The predicted octanol–water partition coefficient (Wildman–Crippen LogP) is 6.08. The van der Waals surface area contributed by atoms with Gasteiger partial charge in [-0.1, -0.05) is 48.4 Å². The number of hydrogen-bond acceptors (Lipinski definition) is 6. The number of carbonyl (C=O) groups excluding carboxylic acids is 3. The molecule has 242 valence electrons. The molecule has 3 saturated heterocycles. The maximum atomic E-state index is 13.9. The van der Waals surface area contributed by atoms with Gasteiger partial charge < -0.3 is 24.6 Å². The van der Waals surface area contributed by atoms with Crippen LogP contribution in [0.5, 0.6) is 0 Å². The Kier molecular flexibility index (Phi) is 9.97. The van der Waals surface area contributed by atoms with Crippen LogP contribution in [-0.4, -0.2) is 95.0 Å². The number of anilines is 1. The highest BCUT2D eigenvalue weighted by atomic mass is 35.5. The van der Waals surface area contributed by atoms with Crippen molar-refractivity contribution >= 4 is 35.7 Å². The molecule has 1 N–H and O–H groups in total. The zero-order valence-corrected chi connectivity index (χ0v) is 27.1. The standard InChI is InChI=1S/C35H46ClN5O4/c1-26-9-10-27(23-31(26)36)25-45-34(44)41-21-14-30(40-20-11-28-7-3-4-8-32(28)37-33(40)43)24-35(41,15-22-42)39-18-12-29(13-19-39)38-16-5-2-6-17-38/h3-4,7-10,22-23,29-30H,2,5-6,11-21,24-25H2,1H3,(H,37,43)/t30-,35+/m1/s1. The molecule has 0 spiro atoms. The molecule has 6 rings (SSSR count). The Labute approximate surface area is 271 Å². The fraction of sp³-hybridized carbons (Fsp3) is 0.571. The normalized spacial score (nSPS) is 25.3. The molecule has 10 heteroatoms. The second kappa shape index (κ2) is 14.1. The Morgan fingerprint density at radius 3 is 2.51 bits per heavy atom. The number of hydrogen-bond donors (Lipinski definition) is 1. The number of nitrogens with one attached hydrogen (secondary N) is 1. The van der Waals surface area contributed by atoms with Crippen molar-refractivity contribution in [2.45, 2.75) is 89.1 Å². The van der Waals surface area contributed by atoms with E-state index in [1.165, 1.54) is 19.3 Å². The first-order valence-corrected chi connectivity index (χ1v) is 17.0. The number of piperidine rings is 3. The van der Waals surface area contributed by atoms with E-state index in [1.54, 1.807) is 4.90 Å². The quantitative estimate of drug-likeness (QED) is 0.372. The Bertz CT molecular complexity index is 1380. The average Bonchev–Trinajstić information content (AvgIpc) is 3.23. The van der Waals surface area contributed by atoms with Crippen molar-refractivity contribution in [1.29, 1.82) is 0 Å². The van der Waals surface area contributed by atoms with Gasteiger partial charge in [-0.25, -0.2) is 9.59 Å². The molecule has 0 bridgehead atoms. The summed E-state index contributed by atoms with van der Waals surface area (Å²) >= 11 is 6.34. The van der Waals surface area contributed by atoms with E-state index in [1.807, 2.05) is 48.2 Å². The number of amides is 3. The van der Waals surface area contributed by atoms with E-state index in [0.29, 0.717) is 37.0 Å². The first-order valence-electron chi connectivity index (χ1n) is 16.7. The summed E-state index contributed by atoms with van der Waals surface area (Å²) in [5.74, 6) is 0. The van der Waals surface area contributed by atoms with E-state index >= 15 is 0 Å². The summed E-state index contributed by atoms with van der Waals surface area (Å²) < 4.78 is 5.92. The number of urea groups is 1. The molecule has 4 heterocycles. The third-order valence-electron chi connectivity index (χ3n) is 10.5. The van der Waals surface area contributed by atoms with Crippen molar-refractivity contribution in [1.82, 2.24) is 19.6 Å². The number of nitrogens with zero attached hydrogens (tertiary/aromatic N) is 4. The van der Waals surface area contributed by atoms with Crippen LogP contribution in [-0.2, 0) is 22.6 Å². The highest BCUT2D eigenvalue weighted by Gasteiger charge is 2.52. The van der Waals surface area contributed by atoms with Crippen LogP contribution in [0.15, 0.2) is 42.5 Å². The molecule has 0 unspecified atom stereocenters. The lowest BCUT2D eigenvalue weighted by Gasteiger charge is -2.57. The van der Waals surface area contributed by atoms with Crippen molar-refractivity contribution in [2.75, 3.05) is 44.6 Å². The third-order valence-corrected chi connectivity index (χ3v) is 10.9. The lowest BCUT2D eigenvalue weighted by molar-refractivity contribution is -0.128. The number of aldehydes is 1. The summed E-state index contributed by atoms with van der Waals surface area (Å²) in [5, 5.41) is 3.75. The molecule has 0 aromatic heterocycles. The summed E-state index contributed by atoms with van der Waals surface area (Å²) in [6, 6.07) is 13.9. The van der Waals surface area contributed by atoms with E-state index in [-0.39, 0.29) is 25.1 Å². The topological polar surface area (TPSA) is 85.4 Å². The number of fused-ring (bicyclic) bond motifs is 1.